The van der Waals surface area contributed by atoms with Crippen LogP contribution >= 0.6 is 0 Å². The van der Waals surface area contributed by atoms with Crippen LogP contribution < -0.4 is 5.32 Å². The number of nitrogens with zero attached hydrogens (tertiary/aromatic N) is 1. The van der Waals surface area contributed by atoms with E-state index < -0.39 is 5.95 Å². The maximum Gasteiger partial charge on any atom is 0.214 e. The van der Waals surface area contributed by atoms with E-state index in [0.717, 1.165) is 5.56 Å². The van der Waals surface area contributed by atoms with Crippen LogP contribution in [-0.4, -0.2) is 4.98 Å². The van der Waals surface area contributed by atoms with Gasteiger partial charge in [-0.2, -0.15) is 4.39 Å². The number of halogens is 2. The monoisotopic (exact) mass is 220 g/mol. The summed E-state index contributed by atoms with van der Waals surface area (Å²) in [5, 5.41) is 2.91. The third-order valence-corrected chi connectivity index (χ3v) is 2.08. The van der Waals surface area contributed by atoms with E-state index in [0.29, 0.717) is 12.4 Å². The van der Waals surface area contributed by atoms with Gasteiger partial charge in [0.15, 0.2) is 0 Å². The average molecular weight is 220 g/mol. The number of hydrogen-bond donors (Lipinski definition) is 1. The van der Waals surface area contributed by atoms with Crippen molar-refractivity contribution in [2.24, 2.45) is 0 Å². The van der Waals surface area contributed by atoms with Crippen molar-refractivity contribution in [2.75, 3.05) is 5.32 Å². The molecule has 0 bridgehead atoms. The fraction of sp³-hybridized carbons (Fsp3) is 0.0833. The lowest BCUT2D eigenvalue weighted by Crippen LogP contribution is -2.02. The quantitative estimate of drug-likeness (QED) is 0.804. The van der Waals surface area contributed by atoms with Crippen molar-refractivity contribution in [1.82, 2.24) is 4.98 Å². The second kappa shape index (κ2) is 4.70. The van der Waals surface area contributed by atoms with Gasteiger partial charge < -0.3 is 5.32 Å². The van der Waals surface area contributed by atoms with E-state index in [1.807, 2.05) is 0 Å². The van der Waals surface area contributed by atoms with Crippen LogP contribution in [0.3, 0.4) is 0 Å². The van der Waals surface area contributed by atoms with E-state index >= 15 is 0 Å². The molecule has 0 amide bonds. The van der Waals surface area contributed by atoms with Crippen molar-refractivity contribution in [3.05, 3.63) is 59.8 Å². The zero-order valence-corrected chi connectivity index (χ0v) is 8.45. The summed E-state index contributed by atoms with van der Waals surface area (Å²) >= 11 is 0. The maximum absolute atomic E-state index is 12.9. The van der Waals surface area contributed by atoms with E-state index in [2.05, 4.69) is 10.3 Å². The molecule has 0 radical (unpaired) electrons. The van der Waals surface area contributed by atoms with E-state index in [9.17, 15) is 8.78 Å². The highest BCUT2D eigenvalue weighted by atomic mass is 19.1. The molecule has 2 rings (SSSR count). The Morgan fingerprint density at radius 3 is 2.62 bits per heavy atom. The maximum atomic E-state index is 12.9. The molecule has 1 heterocycles. The molecule has 2 aromatic rings. The highest BCUT2D eigenvalue weighted by Crippen LogP contribution is 2.08. The standard InChI is InChI=1S/C12H10F2N2/c13-10-4-1-3-9(7-10)8-15-12-6-2-5-11(14)16-12/h1-7H,8H2,(H,15,16). The first-order valence-corrected chi connectivity index (χ1v) is 4.85. The Morgan fingerprint density at radius 2 is 1.88 bits per heavy atom. The zero-order chi connectivity index (χ0) is 11.4. The second-order valence-corrected chi connectivity index (χ2v) is 3.33. The molecule has 1 aromatic heterocycles. The molecule has 0 aliphatic rings. The van der Waals surface area contributed by atoms with E-state index in [-0.39, 0.29) is 5.82 Å². The normalized spacial score (nSPS) is 10.1. The fourth-order valence-electron chi connectivity index (χ4n) is 1.35. The Balaban J connectivity index is 2.02. The summed E-state index contributed by atoms with van der Waals surface area (Å²) in [5.74, 6) is -0.389. The zero-order valence-electron chi connectivity index (χ0n) is 8.45. The van der Waals surface area contributed by atoms with E-state index in [1.54, 1.807) is 24.3 Å². The minimum absolute atomic E-state index is 0.286. The van der Waals surface area contributed by atoms with Crippen LogP contribution in [0.15, 0.2) is 42.5 Å². The number of rotatable bonds is 3. The molecule has 0 saturated carbocycles. The lowest BCUT2D eigenvalue weighted by Gasteiger charge is -2.05. The number of hydrogen-bond acceptors (Lipinski definition) is 2. The van der Waals surface area contributed by atoms with Crippen LogP contribution in [0.4, 0.5) is 14.6 Å². The van der Waals surface area contributed by atoms with Crippen molar-refractivity contribution in [1.29, 1.82) is 0 Å². The lowest BCUT2D eigenvalue weighted by atomic mass is 10.2. The molecule has 0 saturated heterocycles. The van der Waals surface area contributed by atoms with Gasteiger partial charge in [-0.05, 0) is 29.8 Å². The molecule has 16 heavy (non-hydrogen) atoms. The highest BCUT2D eigenvalue weighted by molar-refractivity contribution is 5.35. The van der Waals surface area contributed by atoms with Crippen LogP contribution in [0.1, 0.15) is 5.56 Å². The van der Waals surface area contributed by atoms with E-state index in [1.165, 1.54) is 18.2 Å². The summed E-state index contributed by atoms with van der Waals surface area (Å²) in [6, 6.07) is 10.7. The van der Waals surface area contributed by atoms with Gasteiger partial charge in [-0.25, -0.2) is 9.37 Å². The Kier molecular flexibility index (Phi) is 3.10. The molecule has 0 atom stereocenters. The van der Waals surface area contributed by atoms with Gasteiger partial charge in [0.2, 0.25) is 5.95 Å². The average Bonchev–Trinajstić information content (AvgIpc) is 2.27. The fourth-order valence-corrected chi connectivity index (χ4v) is 1.35. The molecule has 82 valence electrons. The van der Waals surface area contributed by atoms with Crippen LogP contribution in [0.2, 0.25) is 0 Å². The van der Waals surface area contributed by atoms with Gasteiger partial charge in [0.25, 0.3) is 0 Å². The topological polar surface area (TPSA) is 24.9 Å². The molecular formula is C12H10F2N2. The number of pyridine rings is 1. The van der Waals surface area contributed by atoms with Crippen LogP contribution in [0, 0.1) is 11.8 Å². The van der Waals surface area contributed by atoms with E-state index in [4.69, 9.17) is 0 Å². The first kappa shape index (κ1) is 10.5. The van der Waals surface area contributed by atoms with Crippen molar-refractivity contribution >= 4 is 5.82 Å². The SMILES string of the molecule is Fc1cccc(CNc2cccc(F)n2)c1. The molecular weight excluding hydrogens is 210 g/mol. The Morgan fingerprint density at radius 1 is 1.06 bits per heavy atom. The number of aromatic nitrogens is 1. The highest BCUT2D eigenvalue weighted by Gasteiger charge is 1.98. The minimum Gasteiger partial charge on any atom is -0.366 e. The first-order chi connectivity index (χ1) is 7.74. The van der Waals surface area contributed by atoms with Crippen LogP contribution in [0.25, 0.3) is 0 Å². The first-order valence-electron chi connectivity index (χ1n) is 4.85. The second-order valence-electron chi connectivity index (χ2n) is 3.33. The summed E-state index contributed by atoms with van der Waals surface area (Å²) in [4.78, 5) is 3.64. The third kappa shape index (κ3) is 2.76. The molecule has 1 aromatic carbocycles. The van der Waals surface area contributed by atoms with Gasteiger partial charge in [-0.15, -0.1) is 0 Å². The van der Waals surface area contributed by atoms with Crippen molar-refractivity contribution in [3.8, 4) is 0 Å². The Hall–Kier alpha value is -1.97. The Labute approximate surface area is 92.0 Å². The minimum atomic E-state index is -0.538. The summed E-state index contributed by atoms with van der Waals surface area (Å²) in [6.45, 7) is 0.411. The smallest absolute Gasteiger partial charge is 0.214 e. The van der Waals surface area contributed by atoms with Crippen molar-refractivity contribution in [2.45, 2.75) is 6.54 Å². The van der Waals surface area contributed by atoms with Gasteiger partial charge >= 0.3 is 0 Å². The summed E-state index contributed by atoms with van der Waals surface area (Å²) in [7, 11) is 0. The summed E-state index contributed by atoms with van der Waals surface area (Å²) < 4.78 is 25.6. The van der Waals surface area contributed by atoms with Crippen molar-refractivity contribution < 1.29 is 8.78 Å². The summed E-state index contributed by atoms with van der Waals surface area (Å²) in [5.41, 5.74) is 0.783. The molecule has 0 aliphatic heterocycles. The molecule has 1 N–H and O–H groups in total. The molecule has 4 heteroatoms. The lowest BCUT2D eigenvalue weighted by molar-refractivity contribution is 0.585. The predicted octanol–water partition coefficient (Wildman–Crippen LogP) is 2.97. The third-order valence-electron chi connectivity index (χ3n) is 2.08. The van der Waals surface area contributed by atoms with Gasteiger partial charge in [0.05, 0.1) is 0 Å². The molecule has 0 spiro atoms. The predicted molar refractivity (Wildman–Crippen MR) is 57.9 cm³/mol. The van der Waals surface area contributed by atoms with Crippen molar-refractivity contribution in [3.63, 3.8) is 0 Å². The van der Waals surface area contributed by atoms with Gasteiger partial charge in [-0.3, -0.25) is 0 Å². The number of nitrogens with one attached hydrogen (secondary N) is 1. The van der Waals surface area contributed by atoms with Gasteiger partial charge in [0, 0.05) is 6.54 Å². The number of benzene rings is 1. The summed E-state index contributed by atoms with van der Waals surface area (Å²) in [6.07, 6.45) is 0. The van der Waals surface area contributed by atoms with Crippen LogP contribution in [0.5, 0.6) is 0 Å². The molecule has 0 unspecified atom stereocenters. The van der Waals surface area contributed by atoms with Gasteiger partial charge in [0.1, 0.15) is 11.6 Å². The van der Waals surface area contributed by atoms with Crippen LogP contribution in [-0.2, 0) is 6.54 Å². The largest absolute Gasteiger partial charge is 0.366 e. The van der Waals surface area contributed by atoms with Gasteiger partial charge in [-0.1, -0.05) is 18.2 Å². The molecule has 2 nitrogen and oxygen atoms in total. The molecule has 0 fully saturated rings. The molecule has 0 aliphatic carbocycles. The Bertz CT molecular complexity index is 440. The number of anilines is 1.